The zero-order valence-electron chi connectivity index (χ0n) is 47.6. The van der Waals surface area contributed by atoms with Crippen LogP contribution in [-0.2, 0) is 28.6 Å². The summed E-state index contributed by atoms with van der Waals surface area (Å²) in [4.78, 5) is 38.2. The summed E-state index contributed by atoms with van der Waals surface area (Å²) in [6.07, 6.45) is 82.3. The molecule has 0 aromatic rings. The summed E-state index contributed by atoms with van der Waals surface area (Å²) in [6, 6.07) is 0. The van der Waals surface area contributed by atoms with Gasteiger partial charge in [0.25, 0.3) is 0 Å². The van der Waals surface area contributed by atoms with E-state index in [1.807, 2.05) is 0 Å². The summed E-state index contributed by atoms with van der Waals surface area (Å²) < 4.78 is 16.9. The van der Waals surface area contributed by atoms with Crippen LogP contribution in [0.4, 0.5) is 0 Å². The maximum atomic E-state index is 12.9. The predicted molar refractivity (Wildman–Crippen MR) is 316 cm³/mol. The molecular weight excluding hydrogens is 901 g/mol. The molecular formula is C67H112O6. The molecule has 0 saturated heterocycles. The van der Waals surface area contributed by atoms with Gasteiger partial charge in [-0.1, -0.05) is 246 Å². The topological polar surface area (TPSA) is 78.9 Å². The number of esters is 3. The van der Waals surface area contributed by atoms with E-state index < -0.39 is 6.10 Å². The zero-order valence-corrected chi connectivity index (χ0v) is 47.6. The summed E-state index contributed by atoms with van der Waals surface area (Å²) in [6.45, 7) is 6.45. The second kappa shape index (κ2) is 60.6. The molecule has 0 saturated carbocycles. The second-order valence-corrected chi connectivity index (χ2v) is 19.9. The molecule has 0 fully saturated rings. The van der Waals surface area contributed by atoms with Crippen molar-refractivity contribution in [3.63, 3.8) is 0 Å². The summed E-state index contributed by atoms with van der Waals surface area (Å²) >= 11 is 0. The first kappa shape index (κ1) is 69.1. The molecule has 6 heteroatoms. The minimum absolute atomic E-state index is 0.0935. The van der Waals surface area contributed by atoms with Crippen LogP contribution in [0.3, 0.4) is 0 Å². The van der Waals surface area contributed by atoms with Gasteiger partial charge in [-0.05, 0) is 122 Å². The Balaban J connectivity index is 4.39. The fraction of sp³-hybridized carbons (Fsp3) is 0.687. The zero-order chi connectivity index (χ0) is 52.9. The van der Waals surface area contributed by atoms with E-state index >= 15 is 0 Å². The molecule has 0 aliphatic rings. The SMILES string of the molecule is CC/C=C\C/C=C\C/C=C\C/C=C\C/C=C\C/C=C\CCCCCCC(=O)OCC(COC(=O)CCCCCCC/C=C\CCCC)OC(=O)CCCCCCCCCCC/C=C\C/C=C\CCCCCCC. The van der Waals surface area contributed by atoms with E-state index in [1.54, 1.807) is 0 Å². The number of hydrogen-bond acceptors (Lipinski definition) is 6. The average molecular weight is 1010 g/mol. The highest BCUT2D eigenvalue weighted by Crippen LogP contribution is 2.15. The minimum atomic E-state index is -0.797. The van der Waals surface area contributed by atoms with Crippen molar-refractivity contribution in [1.82, 2.24) is 0 Å². The number of carbonyl (C=O) groups is 3. The molecule has 1 atom stereocenters. The van der Waals surface area contributed by atoms with Gasteiger partial charge in [0.1, 0.15) is 13.2 Å². The van der Waals surface area contributed by atoms with Crippen LogP contribution in [0.1, 0.15) is 278 Å². The molecule has 0 radical (unpaired) electrons. The van der Waals surface area contributed by atoms with Gasteiger partial charge < -0.3 is 14.2 Å². The summed E-state index contributed by atoms with van der Waals surface area (Å²) in [5, 5.41) is 0. The van der Waals surface area contributed by atoms with Gasteiger partial charge in [0, 0.05) is 19.3 Å². The Morgan fingerprint density at radius 3 is 0.890 bits per heavy atom. The van der Waals surface area contributed by atoms with Crippen molar-refractivity contribution in [2.24, 2.45) is 0 Å². The highest BCUT2D eigenvalue weighted by Gasteiger charge is 2.19. The molecule has 0 N–H and O–H groups in total. The largest absolute Gasteiger partial charge is 0.462 e. The average Bonchev–Trinajstić information content (AvgIpc) is 3.39. The molecule has 0 aromatic carbocycles. The Hall–Kier alpha value is -3.93. The van der Waals surface area contributed by atoms with Crippen molar-refractivity contribution in [2.75, 3.05) is 13.2 Å². The van der Waals surface area contributed by atoms with Crippen LogP contribution in [0.5, 0.6) is 0 Å². The molecule has 0 bridgehead atoms. The quantitative estimate of drug-likeness (QED) is 0.0261. The van der Waals surface area contributed by atoms with Crippen molar-refractivity contribution in [3.8, 4) is 0 Å². The first-order valence-corrected chi connectivity index (χ1v) is 30.4. The lowest BCUT2D eigenvalue weighted by Gasteiger charge is -2.18. The fourth-order valence-corrected chi connectivity index (χ4v) is 8.16. The number of allylic oxidation sites excluding steroid dienone is 18. The summed E-state index contributed by atoms with van der Waals surface area (Å²) in [7, 11) is 0. The van der Waals surface area contributed by atoms with Crippen molar-refractivity contribution >= 4 is 17.9 Å². The molecule has 0 aliphatic heterocycles. The third kappa shape index (κ3) is 58.8. The number of rotatable bonds is 54. The lowest BCUT2D eigenvalue weighted by molar-refractivity contribution is -0.167. The molecule has 0 amide bonds. The van der Waals surface area contributed by atoms with E-state index in [0.717, 1.165) is 128 Å². The molecule has 0 rings (SSSR count). The molecule has 0 aromatic heterocycles. The van der Waals surface area contributed by atoms with E-state index in [0.29, 0.717) is 19.3 Å². The predicted octanol–water partition coefficient (Wildman–Crippen LogP) is 20.7. The molecule has 0 aliphatic carbocycles. The minimum Gasteiger partial charge on any atom is -0.462 e. The third-order valence-corrected chi connectivity index (χ3v) is 12.7. The number of ether oxygens (including phenoxy) is 3. The molecule has 1 unspecified atom stereocenters. The van der Waals surface area contributed by atoms with Gasteiger partial charge >= 0.3 is 17.9 Å². The number of unbranched alkanes of at least 4 members (excludes halogenated alkanes) is 25. The van der Waals surface area contributed by atoms with E-state index in [2.05, 4.69) is 130 Å². The highest BCUT2D eigenvalue weighted by atomic mass is 16.6. The van der Waals surface area contributed by atoms with E-state index in [4.69, 9.17) is 14.2 Å². The summed E-state index contributed by atoms with van der Waals surface area (Å²) in [5.74, 6) is -0.930. The lowest BCUT2D eigenvalue weighted by Crippen LogP contribution is -2.30. The van der Waals surface area contributed by atoms with Crippen LogP contribution in [-0.4, -0.2) is 37.2 Å². The van der Waals surface area contributed by atoms with E-state index in [9.17, 15) is 14.4 Å². The number of hydrogen-bond donors (Lipinski definition) is 0. The Kier molecular flexibility index (Phi) is 57.4. The first-order valence-electron chi connectivity index (χ1n) is 30.4. The normalized spacial score (nSPS) is 12.9. The van der Waals surface area contributed by atoms with Crippen LogP contribution >= 0.6 is 0 Å². The van der Waals surface area contributed by atoms with Gasteiger partial charge in [-0.2, -0.15) is 0 Å². The van der Waals surface area contributed by atoms with Gasteiger partial charge in [-0.25, -0.2) is 0 Å². The van der Waals surface area contributed by atoms with Crippen LogP contribution in [0.25, 0.3) is 0 Å². The van der Waals surface area contributed by atoms with Crippen LogP contribution in [0.15, 0.2) is 109 Å². The highest BCUT2D eigenvalue weighted by molar-refractivity contribution is 5.71. The van der Waals surface area contributed by atoms with Crippen molar-refractivity contribution in [1.29, 1.82) is 0 Å². The standard InChI is InChI=1S/C67H112O6/c1-4-7-10-13-16-19-22-24-26-28-30-32-33-35-36-38-40-42-45-48-51-54-57-60-66(69)72-63-64(62-71-65(68)59-56-53-50-47-44-21-18-15-12-9-6-3)73-67(70)61-58-55-52-49-46-43-41-39-37-34-31-29-27-25-23-20-17-14-11-8-5-2/h7,10,15-16,18-19,23-26,29-32,35-36,40,42,64H,4-6,8-9,11-14,17,20-22,27-28,33-34,37-39,41,43-63H2,1-3H3/b10-7-,18-15-,19-16-,25-23-,26-24-,31-29-,32-30-,36-35-,42-40-. The van der Waals surface area contributed by atoms with Crippen LogP contribution in [0, 0.1) is 0 Å². The van der Waals surface area contributed by atoms with Gasteiger partial charge in [0.05, 0.1) is 0 Å². The van der Waals surface area contributed by atoms with Gasteiger partial charge in [-0.3, -0.25) is 14.4 Å². The maximum Gasteiger partial charge on any atom is 0.306 e. The van der Waals surface area contributed by atoms with E-state index in [-0.39, 0.29) is 31.1 Å². The molecule has 0 spiro atoms. The lowest BCUT2D eigenvalue weighted by atomic mass is 10.1. The van der Waals surface area contributed by atoms with Crippen LogP contribution < -0.4 is 0 Å². The Labute approximate surface area is 450 Å². The van der Waals surface area contributed by atoms with Gasteiger partial charge in [-0.15, -0.1) is 0 Å². The molecule has 6 nitrogen and oxygen atoms in total. The molecule has 416 valence electrons. The first-order chi connectivity index (χ1) is 36.0. The second-order valence-electron chi connectivity index (χ2n) is 19.9. The summed E-state index contributed by atoms with van der Waals surface area (Å²) in [5.41, 5.74) is 0. The van der Waals surface area contributed by atoms with E-state index in [1.165, 1.54) is 109 Å². The molecule has 0 heterocycles. The number of carbonyl (C=O) groups excluding carboxylic acids is 3. The van der Waals surface area contributed by atoms with Crippen molar-refractivity contribution < 1.29 is 28.6 Å². The van der Waals surface area contributed by atoms with Gasteiger partial charge in [0.15, 0.2) is 6.10 Å². The van der Waals surface area contributed by atoms with Gasteiger partial charge in [0.2, 0.25) is 0 Å². The Morgan fingerprint density at radius 1 is 0.288 bits per heavy atom. The van der Waals surface area contributed by atoms with Crippen molar-refractivity contribution in [3.05, 3.63) is 109 Å². The molecule has 73 heavy (non-hydrogen) atoms. The van der Waals surface area contributed by atoms with Crippen molar-refractivity contribution in [2.45, 2.75) is 284 Å². The Bertz CT molecular complexity index is 1490. The maximum absolute atomic E-state index is 12.9. The smallest absolute Gasteiger partial charge is 0.306 e. The third-order valence-electron chi connectivity index (χ3n) is 12.7. The van der Waals surface area contributed by atoms with Crippen LogP contribution in [0.2, 0.25) is 0 Å². The monoisotopic (exact) mass is 1010 g/mol. The fourth-order valence-electron chi connectivity index (χ4n) is 8.16. The Morgan fingerprint density at radius 2 is 0.548 bits per heavy atom.